The van der Waals surface area contributed by atoms with Crippen LogP contribution in [-0.2, 0) is 4.74 Å². The van der Waals surface area contributed by atoms with E-state index in [-0.39, 0.29) is 5.82 Å². The lowest BCUT2D eigenvalue weighted by atomic mass is 10.1. The number of aromatic nitrogens is 1. The quantitative estimate of drug-likeness (QED) is 0.146. The molecule has 12 heteroatoms. The lowest BCUT2D eigenvalue weighted by molar-refractivity contribution is 0.0368. The van der Waals surface area contributed by atoms with Gasteiger partial charge in [-0.1, -0.05) is 57.2 Å². The van der Waals surface area contributed by atoms with E-state index in [1.807, 2.05) is 25.1 Å². The van der Waals surface area contributed by atoms with Gasteiger partial charge in [0.05, 0.1) is 32.2 Å². The summed E-state index contributed by atoms with van der Waals surface area (Å²) in [6.07, 6.45) is 5.12. The van der Waals surface area contributed by atoms with Gasteiger partial charge in [-0.05, 0) is 81.0 Å². The van der Waals surface area contributed by atoms with Crippen molar-refractivity contribution in [2.24, 2.45) is 0 Å². The number of benzene rings is 1. The topological polar surface area (TPSA) is 88.5 Å². The van der Waals surface area contributed by atoms with Gasteiger partial charge in [-0.25, -0.2) is 9.82 Å². The van der Waals surface area contributed by atoms with E-state index in [2.05, 4.69) is 44.8 Å². The summed E-state index contributed by atoms with van der Waals surface area (Å²) in [5.41, 5.74) is 8.47. The lowest BCUT2D eigenvalue weighted by Crippen LogP contribution is -2.45. The molecule has 0 atom stereocenters. The van der Waals surface area contributed by atoms with Crippen LogP contribution in [0.1, 0.15) is 56.5 Å². The fourth-order valence-corrected chi connectivity index (χ4v) is 4.87. The third-order valence-electron chi connectivity index (χ3n) is 5.93. The summed E-state index contributed by atoms with van der Waals surface area (Å²) in [4.78, 5) is 9.50. The number of hydrogen-bond donors (Lipinski definition) is 4. The van der Waals surface area contributed by atoms with Crippen LogP contribution in [0.25, 0.3) is 0 Å². The Morgan fingerprint density at radius 2 is 1.61 bits per heavy atom. The van der Waals surface area contributed by atoms with Crippen molar-refractivity contribution < 1.29 is 9.13 Å². The molecule has 226 valence electrons. The van der Waals surface area contributed by atoms with Gasteiger partial charge in [-0.15, -0.1) is 0 Å². The van der Waals surface area contributed by atoms with Crippen molar-refractivity contribution in [1.29, 1.82) is 5.41 Å². The summed E-state index contributed by atoms with van der Waals surface area (Å²) >= 11 is 11.7. The first kappa shape index (κ1) is 35.1. The number of nitrogens with zero attached hydrogens (tertiary/aromatic N) is 3. The Balaban J connectivity index is 0.000000263. The highest BCUT2D eigenvalue weighted by Gasteiger charge is 2.12. The molecule has 41 heavy (non-hydrogen) atoms. The molecular formula is C29H44FN7OS3. The molecule has 0 radical (unpaired) electrons. The maximum absolute atomic E-state index is 12.8. The Morgan fingerprint density at radius 3 is 2.24 bits per heavy atom. The van der Waals surface area contributed by atoms with Crippen molar-refractivity contribution in [2.75, 3.05) is 52.7 Å². The fourth-order valence-electron chi connectivity index (χ4n) is 3.81. The number of piperidine rings is 1. The first-order valence-corrected chi connectivity index (χ1v) is 15.7. The zero-order valence-electron chi connectivity index (χ0n) is 24.4. The number of hydrazine groups is 1. The predicted molar refractivity (Wildman–Crippen MR) is 177 cm³/mol. The SMILES string of the molecule is CCC.Cc1cccc(C(=N)SC(=S)NCN2CCOCC2)n1.Fc1ccc(C(=S)NNCN2CCCCC2)cc1. The summed E-state index contributed by atoms with van der Waals surface area (Å²) in [5.74, 6) is -0.247. The number of nitrogens with one attached hydrogen (secondary N) is 4. The normalized spacial score (nSPS) is 15.4. The van der Waals surface area contributed by atoms with Gasteiger partial charge in [0.25, 0.3) is 0 Å². The van der Waals surface area contributed by atoms with Gasteiger partial charge < -0.3 is 15.5 Å². The summed E-state index contributed by atoms with van der Waals surface area (Å²) in [5, 5.41) is 11.6. The number of aryl methyl sites for hydroxylation is 1. The van der Waals surface area contributed by atoms with Crippen LogP contribution in [0.3, 0.4) is 0 Å². The van der Waals surface area contributed by atoms with Gasteiger partial charge in [0, 0.05) is 24.3 Å². The molecular weight excluding hydrogens is 578 g/mol. The van der Waals surface area contributed by atoms with Gasteiger partial charge in [-0.2, -0.15) is 0 Å². The molecule has 4 rings (SSSR count). The maximum atomic E-state index is 12.8. The number of thioether (sulfide) groups is 1. The van der Waals surface area contributed by atoms with E-state index >= 15 is 0 Å². The summed E-state index contributed by atoms with van der Waals surface area (Å²) in [7, 11) is 0. The number of morpholine rings is 1. The molecule has 0 unspecified atom stereocenters. The van der Waals surface area contributed by atoms with Crippen LogP contribution in [0.15, 0.2) is 42.5 Å². The average Bonchev–Trinajstić information content (AvgIpc) is 2.98. The van der Waals surface area contributed by atoms with Crippen LogP contribution in [0, 0.1) is 18.2 Å². The number of rotatable bonds is 7. The van der Waals surface area contributed by atoms with E-state index in [0.717, 1.165) is 57.3 Å². The highest BCUT2D eigenvalue weighted by atomic mass is 32.2. The standard InChI is InChI=1S/C13H18FN3S.C13H18N4OS2.C3H8/c14-12-6-4-11(5-7-12)13(18)16-15-10-17-8-2-1-3-9-17;1-10-3-2-4-11(16-10)12(14)20-13(19)15-9-17-5-7-18-8-6-17;1-3-2/h4-7,15H,1-3,8-10H2,(H,16,18);2-4,14H,5-9H2,1H3,(H,15,19);3H2,1-2H3. The minimum absolute atomic E-state index is 0.247. The molecule has 0 spiro atoms. The molecule has 1 aromatic heterocycles. The lowest BCUT2D eigenvalue weighted by Gasteiger charge is -2.26. The molecule has 2 aromatic rings. The molecule has 2 fully saturated rings. The fraction of sp³-hybridized carbons (Fsp3) is 0.517. The summed E-state index contributed by atoms with van der Waals surface area (Å²) in [6, 6.07) is 11.8. The molecule has 0 amide bonds. The number of thiocarbonyl (C=S) groups is 2. The minimum Gasteiger partial charge on any atom is -0.379 e. The molecule has 2 aliphatic rings. The Morgan fingerprint density at radius 1 is 0.976 bits per heavy atom. The molecule has 1 aromatic carbocycles. The Kier molecular flexibility index (Phi) is 17.8. The van der Waals surface area contributed by atoms with Crippen molar-refractivity contribution in [3.05, 3.63) is 65.2 Å². The first-order chi connectivity index (χ1) is 19.8. The molecule has 2 saturated heterocycles. The third-order valence-corrected chi connectivity index (χ3v) is 7.40. The van der Waals surface area contributed by atoms with Gasteiger partial charge in [0.2, 0.25) is 0 Å². The Hall–Kier alpha value is -2.06. The number of pyridine rings is 1. The summed E-state index contributed by atoms with van der Waals surface area (Å²) in [6.45, 7) is 13.3. The van der Waals surface area contributed by atoms with E-state index in [0.29, 0.717) is 26.7 Å². The second kappa shape index (κ2) is 20.8. The van der Waals surface area contributed by atoms with E-state index < -0.39 is 0 Å². The van der Waals surface area contributed by atoms with Gasteiger partial charge in [-0.3, -0.25) is 20.2 Å². The molecule has 0 saturated carbocycles. The maximum Gasteiger partial charge on any atom is 0.141 e. The second-order valence-electron chi connectivity index (χ2n) is 9.63. The van der Waals surface area contributed by atoms with Crippen LogP contribution in [0.2, 0.25) is 0 Å². The smallest absolute Gasteiger partial charge is 0.141 e. The van der Waals surface area contributed by atoms with E-state index in [4.69, 9.17) is 34.6 Å². The predicted octanol–water partition coefficient (Wildman–Crippen LogP) is 5.07. The van der Waals surface area contributed by atoms with Gasteiger partial charge in [0.1, 0.15) is 20.2 Å². The van der Waals surface area contributed by atoms with Crippen molar-refractivity contribution in [2.45, 2.75) is 46.5 Å². The highest BCUT2D eigenvalue weighted by Crippen LogP contribution is 2.12. The highest BCUT2D eigenvalue weighted by molar-refractivity contribution is 8.33. The number of likely N-dealkylation sites (tertiary alicyclic amines) is 1. The summed E-state index contributed by atoms with van der Waals surface area (Å²) < 4.78 is 18.7. The van der Waals surface area contributed by atoms with Crippen LogP contribution in [0.5, 0.6) is 0 Å². The third kappa shape index (κ3) is 15.1. The van der Waals surface area contributed by atoms with Crippen molar-refractivity contribution in [3.63, 3.8) is 0 Å². The number of hydrogen-bond acceptors (Lipinski definition) is 9. The zero-order valence-corrected chi connectivity index (χ0v) is 26.8. The van der Waals surface area contributed by atoms with Crippen molar-refractivity contribution in [1.82, 2.24) is 31.0 Å². The Labute approximate surface area is 259 Å². The van der Waals surface area contributed by atoms with Crippen LogP contribution in [0.4, 0.5) is 4.39 Å². The van der Waals surface area contributed by atoms with Crippen LogP contribution < -0.4 is 16.2 Å². The number of ether oxygens (including phenoxy) is 1. The van der Waals surface area contributed by atoms with E-state index in [1.54, 1.807) is 12.1 Å². The van der Waals surface area contributed by atoms with E-state index in [9.17, 15) is 4.39 Å². The van der Waals surface area contributed by atoms with E-state index in [1.165, 1.54) is 49.6 Å². The molecule has 0 aliphatic carbocycles. The molecule has 3 heterocycles. The molecule has 8 nitrogen and oxygen atoms in total. The van der Waals surface area contributed by atoms with Crippen molar-refractivity contribution >= 4 is 50.6 Å². The molecule has 4 N–H and O–H groups in total. The largest absolute Gasteiger partial charge is 0.379 e. The molecule has 2 aliphatic heterocycles. The van der Waals surface area contributed by atoms with Gasteiger partial charge in [0.15, 0.2) is 0 Å². The number of halogens is 1. The van der Waals surface area contributed by atoms with Crippen LogP contribution >= 0.6 is 36.2 Å². The van der Waals surface area contributed by atoms with Crippen LogP contribution in [-0.4, -0.2) is 81.9 Å². The monoisotopic (exact) mass is 621 g/mol. The average molecular weight is 622 g/mol. The Bertz CT molecular complexity index is 1060. The second-order valence-corrected chi connectivity index (χ2v) is 11.7. The molecule has 0 bridgehead atoms. The van der Waals surface area contributed by atoms with Crippen molar-refractivity contribution in [3.8, 4) is 0 Å². The minimum atomic E-state index is -0.247. The van der Waals surface area contributed by atoms with Gasteiger partial charge >= 0.3 is 0 Å². The zero-order chi connectivity index (χ0) is 29.9. The first-order valence-electron chi connectivity index (χ1n) is 14.1.